The zero-order valence-electron chi connectivity index (χ0n) is 18.0. The first-order valence-electron chi connectivity index (χ1n) is 10.5. The summed E-state index contributed by atoms with van der Waals surface area (Å²) in [6.07, 6.45) is 0.639. The van der Waals surface area contributed by atoms with E-state index in [0.717, 1.165) is 0 Å². The van der Waals surface area contributed by atoms with Crippen LogP contribution in [0.25, 0.3) is 5.76 Å². The lowest BCUT2D eigenvalue weighted by atomic mass is 9.95. The predicted molar refractivity (Wildman–Crippen MR) is 121 cm³/mol. The molecule has 1 fully saturated rings. The fourth-order valence-corrected chi connectivity index (χ4v) is 3.88. The third-order valence-electron chi connectivity index (χ3n) is 5.04. The number of ether oxygens (including phenoxy) is 2. The highest BCUT2D eigenvalue weighted by Crippen LogP contribution is 2.41. The Balaban J connectivity index is 2.14. The molecule has 0 aliphatic carbocycles. The van der Waals surface area contributed by atoms with Crippen molar-refractivity contribution in [1.29, 1.82) is 0 Å². The zero-order valence-corrected chi connectivity index (χ0v) is 18.8. The highest BCUT2D eigenvalue weighted by Gasteiger charge is 2.45. The van der Waals surface area contributed by atoms with Gasteiger partial charge in [0.1, 0.15) is 23.9 Å². The van der Waals surface area contributed by atoms with Crippen molar-refractivity contribution in [2.24, 2.45) is 0 Å². The normalized spacial score (nSPS) is 17.6. The molecule has 8 heteroatoms. The quantitative estimate of drug-likeness (QED) is 0.335. The number of ketones is 1. The van der Waals surface area contributed by atoms with Crippen molar-refractivity contribution in [2.75, 3.05) is 26.4 Å². The average molecular weight is 460 g/mol. The summed E-state index contributed by atoms with van der Waals surface area (Å²) in [4.78, 5) is 27.3. The Labute approximate surface area is 191 Å². The van der Waals surface area contributed by atoms with E-state index in [9.17, 15) is 14.7 Å². The van der Waals surface area contributed by atoms with Crippen LogP contribution in [0, 0.1) is 0 Å². The van der Waals surface area contributed by atoms with Gasteiger partial charge in [0.15, 0.2) is 0 Å². The van der Waals surface area contributed by atoms with Crippen molar-refractivity contribution in [3.8, 4) is 11.5 Å². The van der Waals surface area contributed by atoms with E-state index in [1.54, 1.807) is 42.5 Å². The summed E-state index contributed by atoms with van der Waals surface area (Å²) < 4.78 is 11.0. The molecule has 0 bridgehead atoms. The minimum Gasteiger partial charge on any atom is -0.507 e. The molecular weight excluding hydrogens is 434 g/mol. The molecule has 2 aromatic rings. The van der Waals surface area contributed by atoms with Gasteiger partial charge in [-0.25, -0.2) is 0 Å². The molecule has 1 saturated heterocycles. The number of carbonyl (C=O) groups excluding carboxylic acids is 2. The fourth-order valence-electron chi connectivity index (χ4n) is 3.71. The van der Waals surface area contributed by atoms with Crippen LogP contribution in [0.1, 0.15) is 37.4 Å². The maximum absolute atomic E-state index is 13.0. The van der Waals surface area contributed by atoms with Crippen molar-refractivity contribution in [1.82, 2.24) is 4.90 Å². The van der Waals surface area contributed by atoms with Crippen LogP contribution in [0.2, 0.25) is 5.02 Å². The van der Waals surface area contributed by atoms with Gasteiger partial charge in [-0.2, -0.15) is 0 Å². The highest BCUT2D eigenvalue weighted by atomic mass is 35.5. The topological polar surface area (TPSA) is 96.3 Å². The van der Waals surface area contributed by atoms with Crippen molar-refractivity contribution < 1.29 is 29.3 Å². The fraction of sp³-hybridized carbons (Fsp3) is 0.333. The molecule has 1 aliphatic rings. The lowest BCUT2D eigenvalue weighted by Gasteiger charge is -2.25. The number of aliphatic hydroxyl groups excluding tert-OH is 2. The number of benzene rings is 2. The van der Waals surface area contributed by atoms with Crippen LogP contribution in [-0.4, -0.2) is 53.2 Å². The van der Waals surface area contributed by atoms with Crippen LogP contribution in [-0.2, 0) is 9.59 Å². The highest BCUT2D eigenvalue weighted by molar-refractivity contribution is 6.46. The van der Waals surface area contributed by atoms with Gasteiger partial charge in [0.2, 0.25) is 0 Å². The summed E-state index contributed by atoms with van der Waals surface area (Å²) in [6.45, 7) is 4.42. The Morgan fingerprint density at radius 2 is 1.91 bits per heavy atom. The Kier molecular flexibility index (Phi) is 7.77. The van der Waals surface area contributed by atoms with Gasteiger partial charge in [0.05, 0.1) is 29.9 Å². The molecule has 2 N–H and O–H groups in total. The lowest BCUT2D eigenvalue weighted by Crippen LogP contribution is -2.30. The molecule has 2 aromatic carbocycles. The molecule has 1 heterocycles. The number of carbonyl (C=O) groups is 2. The van der Waals surface area contributed by atoms with E-state index in [2.05, 4.69) is 0 Å². The molecule has 1 atom stereocenters. The van der Waals surface area contributed by atoms with Crippen molar-refractivity contribution >= 4 is 29.1 Å². The summed E-state index contributed by atoms with van der Waals surface area (Å²) in [5.74, 6) is -0.860. The second-order valence-electron chi connectivity index (χ2n) is 7.22. The number of Topliss-reactive ketones (excluding diaryl/α,β-unsaturated/α-hetero) is 1. The number of likely N-dealkylation sites (tertiary alicyclic amines) is 1. The molecule has 1 amide bonds. The molecule has 0 spiro atoms. The molecule has 1 unspecified atom stereocenters. The number of rotatable bonds is 9. The Morgan fingerprint density at radius 1 is 1.12 bits per heavy atom. The van der Waals surface area contributed by atoms with Gasteiger partial charge >= 0.3 is 0 Å². The molecule has 0 aromatic heterocycles. The molecule has 32 heavy (non-hydrogen) atoms. The summed E-state index contributed by atoms with van der Waals surface area (Å²) in [7, 11) is 0. The van der Waals surface area contributed by atoms with E-state index >= 15 is 0 Å². The van der Waals surface area contributed by atoms with Crippen LogP contribution in [0.5, 0.6) is 11.5 Å². The molecule has 0 saturated carbocycles. The summed E-state index contributed by atoms with van der Waals surface area (Å²) in [5, 5.41) is 20.5. The summed E-state index contributed by atoms with van der Waals surface area (Å²) in [5.41, 5.74) is 0.936. The van der Waals surface area contributed by atoms with E-state index in [0.29, 0.717) is 47.2 Å². The zero-order chi connectivity index (χ0) is 23.3. The molecule has 7 nitrogen and oxygen atoms in total. The van der Waals surface area contributed by atoms with Gasteiger partial charge in [-0.1, -0.05) is 30.7 Å². The molecular formula is C24H26ClNO6. The molecule has 0 radical (unpaired) electrons. The first-order valence-corrected chi connectivity index (χ1v) is 10.8. The third kappa shape index (κ3) is 4.74. The number of hydrogen-bond acceptors (Lipinski definition) is 6. The van der Waals surface area contributed by atoms with Gasteiger partial charge in [0.25, 0.3) is 11.7 Å². The summed E-state index contributed by atoms with van der Waals surface area (Å²) in [6, 6.07) is 10.8. The Bertz CT molecular complexity index is 1030. The first-order chi connectivity index (χ1) is 15.4. The predicted octanol–water partition coefficient (Wildman–Crippen LogP) is 3.94. The maximum Gasteiger partial charge on any atom is 0.295 e. The monoisotopic (exact) mass is 459 g/mol. The van der Waals surface area contributed by atoms with Gasteiger partial charge in [0, 0.05) is 12.1 Å². The lowest BCUT2D eigenvalue weighted by molar-refractivity contribution is -0.139. The van der Waals surface area contributed by atoms with Crippen molar-refractivity contribution in [2.45, 2.75) is 26.3 Å². The van der Waals surface area contributed by atoms with Crippen LogP contribution in [0.15, 0.2) is 48.0 Å². The van der Waals surface area contributed by atoms with Crippen molar-refractivity contribution in [3.05, 3.63) is 64.2 Å². The van der Waals surface area contributed by atoms with Crippen LogP contribution in [0.3, 0.4) is 0 Å². The number of amides is 1. The van der Waals surface area contributed by atoms with E-state index < -0.39 is 17.7 Å². The van der Waals surface area contributed by atoms with Gasteiger partial charge in [-0.15, -0.1) is 0 Å². The van der Waals surface area contributed by atoms with Crippen LogP contribution in [0.4, 0.5) is 0 Å². The van der Waals surface area contributed by atoms with E-state index in [4.69, 9.17) is 26.2 Å². The number of halogens is 1. The van der Waals surface area contributed by atoms with E-state index in [-0.39, 0.29) is 24.5 Å². The number of nitrogens with zero attached hydrogens (tertiary/aromatic N) is 1. The minimum absolute atomic E-state index is 0.00692. The minimum atomic E-state index is -0.779. The first kappa shape index (κ1) is 23.6. The van der Waals surface area contributed by atoms with E-state index in [1.807, 2.05) is 13.8 Å². The summed E-state index contributed by atoms with van der Waals surface area (Å²) >= 11 is 6.16. The standard InChI is InChI=1S/C24H26ClNO6/c1-3-10-26-21(15-6-5-7-17(13-15)32-12-11-27)20(23(29)24(26)30)22(28)16-8-9-18(25)19(14-16)31-4-2/h5-9,13-14,21,27-28H,3-4,10-12H2,1-2H3/b22-20-. The number of aliphatic hydroxyl groups is 2. The molecule has 3 rings (SSSR count). The van der Waals surface area contributed by atoms with Gasteiger partial charge < -0.3 is 24.6 Å². The van der Waals surface area contributed by atoms with Crippen LogP contribution >= 0.6 is 11.6 Å². The molecule has 170 valence electrons. The second kappa shape index (κ2) is 10.5. The van der Waals surface area contributed by atoms with Gasteiger partial charge in [-0.3, -0.25) is 9.59 Å². The largest absolute Gasteiger partial charge is 0.507 e. The Morgan fingerprint density at radius 3 is 2.59 bits per heavy atom. The van der Waals surface area contributed by atoms with Gasteiger partial charge in [-0.05, 0) is 49.2 Å². The SMILES string of the molecule is CCCN1C(=O)C(=O)/C(=C(\O)c2ccc(Cl)c(OCC)c2)C1c1cccc(OCCO)c1. The molecule has 1 aliphatic heterocycles. The van der Waals surface area contributed by atoms with Crippen LogP contribution < -0.4 is 9.47 Å². The smallest absolute Gasteiger partial charge is 0.295 e. The van der Waals surface area contributed by atoms with E-state index in [1.165, 1.54) is 4.90 Å². The number of hydrogen-bond donors (Lipinski definition) is 2. The third-order valence-corrected chi connectivity index (χ3v) is 5.36. The van der Waals surface area contributed by atoms with Crippen molar-refractivity contribution in [3.63, 3.8) is 0 Å². The second-order valence-corrected chi connectivity index (χ2v) is 7.62. The average Bonchev–Trinajstić information content (AvgIpc) is 3.04. The Hall–Kier alpha value is -3.03. The maximum atomic E-state index is 13.0.